The van der Waals surface area contributed by atoms with Gasteiger partial charge in [-0.3, -0.25) is 4.90 Å². The van der Waals surface area contributed by atoms with Gasteiger partial charge in [0.2, 0.25) is 0 Å². The zero-order valence-electron chi connectivity index (χ0n) is 11.0. The summed E-state index contributed by atoms with van der Waals surface area (Å²) in [5.74, 6) is 0. The lowest BCUT2D eigenvalue weighted by atomic mass is 10.2. The van der Waals surface area contributed by atoms with E-state index in [0.29, 0.717) is 6.54 Å². The summed E-state index contributed by atoms with van der Waals surface area (Å²) in [6.45, 7) is 9.88. The Morgan fingerprint density at radius 3 is 2.44 bits per heavy atom. The van der Waals surface area contributed by atoms with Gasteiger partial charge in [0.15, 0.2) is 0 Å². The Bertz CT molecular complexity index is 348. The molecule has 1 atom stereocenters. The van der Waals surface area contributed by atoms with Gasteiger partial charge >= 0.3 is 12.2 Å². The Morgan fingerprint density at radius 2 is 2.00 bits per heavy atom. The van der Waals surface area contributed by atoms with Crippen LogP contribution >= 0.6 is 0 Å². The molecular weight excluding hydrogens is 236 g/mol. The third-order valence-corrected chi connectivity index (χ3v) is 2.59. The van der Waals surface area contributed by atoms with Gasteiger partial charge in [0.1, 0.15) is 5.60 Å². The monoisotopic (exact) mass is 256 g/mol. The Balaban J connectivity index is 2.65. The molecule has 0 saturated carbocycles. The lowest BCUT2D eigenvalue weighted by Crippen LogP contribution is -2.56. The Hall–Kier alpha value is -1.72. The topological polar surface area (TPSA) is 70.1 Å². The third kappa shape index (κ3) is 3.65. The van der Waals surface area contributed by atoms with Crippen LogP contribution in [-0.2, 0) is 4.74 Å². The Kier molecular flexibility index (Phi) is 4.21. The van der Waals surface area contributed by atoms with E-state index in [0.717, 1.165) is 0 Å². The minimum atomic E-state index is -0.997. The number of hydrogen-bond donors (Lipinski definition) is 1. The SMILES string of the molecule is C=CC1CN(C(=O)OC(C)(C)C)CCN1C(=O)O. The molecule has 1 saturated heterocycles. The van der Waals surface area contributed by atoms with Gasteiger partial charge in [0.05, 0.1) is 6.04 Å². The van der Waals surface area contributed by atoms with Gasteiger partial charge in [0.25, 0.3) is 0 Å². The van der Waals surface area contributed by atoms with Gasteiger partial charge in [-0.15, -0.1) is 6.58 Å². The molecule has 6 heteroatoms. The average Bonchev–Trinajstić information content (AvgIpc) is 2.25. The second kappa shape index (κ2) is 5.29. The van der Waals surface area contributed by atoms with Crippen LogP contribution in [0.4, 0.5) is 9.59 Å². The van der Waals surface area contributed by atoms with Gasteiger partial charge in [0, 0.05) is 19.6 Å². The van der Waals surface area contributed by atoms with E-state index < -0.39 is 17.8 Å². The highest BCUT2D eigenvalue weighted by molar-refractivity contribution is 5.70. The predicted molar refractivity (Wildman–Crippen MR) is 66.5 cm³/mol. The summed E-state index contributed by atoms with van der Waals surface area (Å²) in [4.78, 5) is 25.6. The van der Waals surface area contributed by atoms with Crippen LogP contribution in [0.1, 0.15) is 20.8 Å². The molecule has 0 aromatic heterocycles. The van der Waals surface area contributed by atoms with Crippen molar-refractivity contribution in [1.82, 2.24) is 9.80 Å². The van der Waals surface area contributed by atoms with Crippen LogP contribution in [-0.4, -0.2) is 58.4 Å². The van der Waals surface area contributed by atoms with Gasteiger partial charge in [-0.1, -0.05) is 6.08 Å². The molecule has 102 valence electrons. The van der Waals surface area contributed by atoms with Crippen molar-refractivity contribution in [1.29, 1.82) is 0 Å². The number of nitrogens with zero attached hydrogens (tertiary/aromatic N) is 2. The fraction of sp³-hybridized carbons (Fsp3) is 0.667. The molecule has 0 spiro atoms. The van der Waals surface area contributed by atoms with Gasteiger partial charge < -0.3 is 14.7 Å². The molecule has 0 aromatic rings. The third-order valence-electron chi connectivity index (χ3n) is 2.59. The van der Waals surface area contributed by atoms with E-state index in [-0.39, 0.29) is 19.1 Å². The summed E-state index contributed by atoms with van der Waals surface area (Å²) in [6.07, 6.45) is 0.119. The van der Waals surface area contributed by atoms with E-state index in [1.54, 1.807) is 20.8 Å². The van der Waals surface area contributed by atoms with E-state index in [2.05, 4.69) is 6.58 Å². The first-order valence-corrected chi connectivity index (χ1v) is 5.84. The first kappa shape index (κ1) is 14.3. The first-order chi connectivity index (χ1) is 8.24. The molecule has 1 unspecified atom stereocenters. The minimum absolute atomic E-state index is 0.269. The number of amides is 2. The molecule has 0 radical (unpaired) electrons. The summed E-state index contributed by atoms with van der Waals surface area (Å²) >= 11 is 0. The number of carbonyl (C=O) groups is 2. The molecule has 1 N–H and O–H groups in total. The fourth-order valence-corrected chi connectivity index (χ4v) is 1.74. The standard InChI is InChI=1S/C12H20N2O4/c1-5-9-8-13(6-7-14(9)10(15)16)11(17)18-12(2,3)4/h5,9H,1,6-8H2,2-4H3,(H,15,16). The summed E-state index contributed by atoms with van der Waals surface area (Å²) in [6, 6.07) is -0.385. The van der Waals surface area contributed by atoms with Crippen LogP contribution in [0.2, 0.25) is 0 Å². The molecule has 2 amide bonds. The molecule has 0 bridgehead atoms. The van der Waals surface area contributed by atoms with E-state index in [9.17, 15) is 9.59 Å². The molecule has 18 heavy (non-hydrogen) atoms. The number of carboxylic acid groups (broad SMARTS) is 1. The fourth-order valence-electron chi connectivity index (χ4n) is 1.74. The maximum absolute atomic E-state index is 11.9. The van der Waals surface area contributed by atoms with Crippen molar-refractivity contribution in [2.45, 2.75) is 32.4 Å². The zero-order valence-corrected chi connectivity index (χ0v) is 11.0. The van der Waals surface area contributed by atoms with Crippen molar-refractivity contribution in [3.8, 4) is 0 Å². The quantitative estimate of drug-likeness (QED) is 0.726. The molecule has 1 aliphatic rings. The van der Waals surface area contributed by atoms with Gasteiger partial charge in [-0.05, 0) is 20.8 Å². The number of ether oxygens (including phenoxy) is 1. The lowest BCUT2D eigenvalue weighted by molar-refractivity contribution is 0.00971. The maximum atomic E-state index is 11.9. The molecule has 0 aromatic carbocycles. The van der Waals surface area contributed by atoms with Crippen molar-refractivity contribution in [2.75, 3.05) is 19.6 Å². The predicted octanol–water partition coefficient (Wildman–Crippen LogP) is 1.77. The number of hydrogen-bond acceptors (Lipinski definition) is 3. The number of carbonyl (C=O) groups excluding carboxylic acids is 1. The van der Waals surface area contributed by atoms with Crippen molar-refractivity contribution in [3.63, 3.8) is 0 Å². The van der Waals surface area contributed by atoms with Crippen molar-refractivity contribution < 1.29 is 19.4 Å². The van der Waals surface area contributed by atoms with E-state index in [1.807, 2.05) is 0 Å². The second-order valence-corrected chi connectivity index (χ2v) is 5.21. The summed E-state index contributed by atoms with van der Waals surface area (Å²) in [7, 11) is 0. The van der Waals surface area contributed by atoms with E-state index in [4.69, 9.17) is 9.84 Å². The van der Waals surface area contributed by atoms with E-state index >= 15 is 0 Å². The largest absolute Gasteiger partial charge is 0.465 e. The zero-order chi connectivity index (χ0) is 13.9. The molecule has 1 heterocycles. The first-order valence-electron chi connectivity index (χ1n) is 5.84. The summed E-state index contributed by atoms with van der Waals surface area (Å²) < 4.78 is 5.25. The Labute approximate surface area is 107 Å². The maximum Gasteiger partial charge on any atom is 0.410 e. The highest BCUT2D eigenvalue weighted by atomic mass is 16.6. The summed E-state index contributed by atoms with van der Waals surface area (Å²) in [5.41, 5.74) is -0.551. The van der Waals surface area contributed by atoms with Crippen LogP contribution in [0.15, 0.2) is 12.7 Å². The van der Waals surface area contributed by atoms with Crippen molar-refractivity contribution >= 4 is 12.2 Å². The van der Waals surface area contributed by atoms with Crippen LogP contribution in [0.5, 0.6) is 0 Å². The smallest absolute Gasteiger partial charge is 0.410 e. The number of piperazine rings is 1. The second-order valence-electron chi connectivity index (χ2n) is 5.21. The van der Waals surface area contributed by atoms with Crippen LogP contribution in [0.25, 0.3) is 0 Å². The highest BCUT2D eigenvalue weighted by Gasteiger charge is 2.32. The molecule has 1 aliphatic heterocycles. The average molecular weight is 256 g/mol. The van der Waals surface area contributed by atoms with Crippen molar-refractivity contribution in [2.24, 2.45) is 0 Å². The molecule has 6 nitrogen and oxygen atoms in total. The van der Waals surface area contributed by atoms with Crippen LogP contribution in [0, 0.1) is 0 Å². The Morgan fingerprint density at radius 1 is 1.39 bits per heavy atom. The summed E-state index contributed by atoms with van der Waals surface area (Å²) in [5, 5.41) is 8.99. The molecule has 1 rings (SSSR count). The van der Waals surface area contributed by atoms with Gasteiger partial charge in [-0.25, -0.2) is 9.59 Å². The molecule has 0 aliphatic carbocycles. The van der Waals surface area contributed by atoms with Crippen molar-refractivity contribution in [3.05, 3.63) is 12.7 Å². The molecule has 1 fully saturated rings. The van der Waals surface area contributed by atoms with Crippen LogP contribution in [0.3, 0.4) is 0 Å². The normalized spacial score (nSPS) is 20.5. The lowest BCUT2D eigenvalue weighted by Gasteiger charge is -2.38. The highest BCUT2D eigenvalue weighted by Crippen LogP contribution is 2.15. The van der Waals surface area contributed by atoms with Crippen LogP contribution < -0.4 is 0 Å². The number of rotatable bonds is 1. The molecular formula is C12H20N2O4. The minimum Gasteiger partial charge on any atom is -0.465 e. The van der Waals surface area contributed by atoms with Gasteiger partial charge in [-0.2, -0.15) is 0 Å². The van der Waals surface area contributed by atoms with E-state index in [1.165, 1.54) is 15.9 Å².